The summed E-state index contributed by atoms with van der Waals surface area (Å²) in [6.45, 7) is 4.24. The maximum absolute atomic E-state index is 12.8. The van der Waals surface area contributed by atoms with Gasteiger partial charge < -0.3 is 14.2 Å². The number of thioether (sulfide) groups is 1. The van der Waals surface area contributed by atoms with Crippen LogP contribution in [0.1, 0.15) is 32.1 Å². The lowest BCUT2D eigenvalue weighted by atomic mass is 10.00. The van der Waals surface area contributed by atoms with Crippen LogP contribution in [0.2, 0.25) is 0 Å². The van der Waals surface area contributed by atoms with Gasteiger partial charge in [0.1, 0.15) is 5.03 Å². The molecular weight excluding hydrogens is 382 g/mol. The van der Waals surface area contributed by atoms with E-state index in [1.165, 1.54) is 44.1 Å². The van der Waals surface area contributed by atoms with Gasteiger partial charge in [-0.05, 0) is 63.0 Å². The summed E-state index contributed by atoms with van der Waals surface area (Å²) in [4.78, 5) is 26.6. The van der Waals surface area contributed by atoms with E-state index in [4.69, 9.17) is 4.98 Å². The number of aromatic nitrogens is 3. The molecule has 2 aliphatic rings. The minimum absolute atomic E-state index is 0.222. The summed E-state index contributed by atoms with van der Waals surface area (Å²) in [6, 6.07) is 8.68. The standard InChI is InChI=1S/C22H27N5OS/c28-20(26-14-8-17(9-15-26)25-11-2-1-3-12-25)16-29-22-19-7-5-13-27(19)18-6-4-10-23-21(18)24-22/h4-7,10,13,17H,1-3,8-9,11-12,14-16H2. The van der Waals surface area contributed by atoms with Crippen LogP contribution in [0.5, 0.6) is 0 Å². The van der Waals surface area contributed by atoms with Crippen LogP contribution in [0.4, 0.5) is 0 Å². The highest BCUT2D eigenvalue weighted by molar-refractivity contribution is 8.00. The number of carbonyl (C=O) groups is 1. The number of hydrogen-bond donors (Lipinski definition) is 0. The van der Waals surface area contributed by atoms with Gasteiger partial charge in [-0.1, -0.05) is 18.2 Å². The van der Waals surface area contributed by atoms with E-state index in [0.717, 1.165) is 42.0 Å². The van der Waals surface area contributed by atoms with Crippen LogP contribution in [-0.4, -0.2) is 68.0 Å². The molecule has 3 aromatic rings. The van der Waals surface area contributed by atoms with E-state index in [9.17, 15) is 4.79 Å². The number of fused-ring (bicyclic) bond motifs is 3. The molecule has 0 bridgehead atoms. The fourth-order valence-corrected chi connectivity index (χ4v) is 5.58. The molecular formula is C22H27N5OS. The first-order valence-corrected chi connectivity index (χ1v) is 11.6. The number of likely N-dealkylation sites (tertiary alicyclic amines) is 2. The molecule has 6 nitrogen and oxygen atoms in total. The number of carbonyl (C=O) groups excluding carboxylic acids is 1. The highest BCUT2D eigenvalue weighted by Gasteiger charge is 2.27. The number of hydrogen-bond acceptors (Lipinski definition) is 5. The van der Waals surface area contributed by atoms with Crippen molar-refractivity contribution in [3.05, 3.63) is 36.7 Å². The predicted molar refractivity (Wildman–Crippen MR) is 116 cm³/mol. The first kappa shape index (κ1) is 18.9. The molecule has 0 spiro atoms. The first-order valence-electron chi connectivity index (χ1n) is 10.7. The maximum Gasteiger partial charge on any atom is 0.232 e. The second-order valence-corrected chi connectivity index (χ2v) is 8.99. The zero-order chi connectivity index (χ0) is 19.6. The van der Waals surface area contributed by atoms with Crippen LogP contribution in [0, 0.1) is 0 Å². The summed E-state index contributed by atoms with van der Waals surface area (Å²) in [6.07, 6.45) is 10.0. The van der Waals surface area contributed by atoms with Gasteiger partial charge in [0.2, 0.25) is 5.91 Å². The van der Waals surface area contributed by atoms with Gasteiger partial charge in [-0.2, -0.15) is 0 Å². The Morgan fingerprint density at radius 1 is 1.03 bits per heavy atom. The molecule has 5 rings (SSSR count). The molecule has 0 saturated carbocycles. The van der Waals surface area contributed by atoms with E-state index >= 15 is 0 Å². The highest BCUT2D eigenvalue weighted by atomic mass is 32.2. The minimum atomic E-state index is 0.222. The number of amides is 1. The lowest BCUT2D eigenvalue weighted by Gasteiger charge is -2.40. The summed E-state index contributed by atoms with van der Waals surface area (Å²) in [5.74, 6) is 0.653. The van der Waals surface area contributed by atoms with Crippen molar-refractivity contribution in [2.45, 2.75) is 43.2 Å². The largest absolute Gasteiger partial charge is 0.342 e. The van der Waals surface area contributed by atoms with Gasteiger partial charge in [0.15, 0.2) is 5.65 Å². The highest BCUT2D eigenvalue weighted by Crippen LogP contribution is 2.27. The molecule has 3 aromatic heterocycles. The van der Waals surface area contributed by atoms with E-state index in [-0.39, 0.29) is 5.91 Å². The van der Waals surface area contributed by atoms with Crippen LogP contribution in [-0.2, 0) is 4.79 Å². The summed E-state index contributed by atoms with van der Waals surface area (Å²) in [5.41, 5.74) is 2.74. The Hall–Kier alpha value is -2.12. The lowest BCUT2D eigenvalue weighted by molar-refractivity contribution is -0.129. The van der Waals surface area contributed by atoms with Crippen LogP contribution in [0.15, 0.2) is 41.7 Å². The zero-order valence-electron chi connectivity index (χ0n) is 16.7. The number of rotatable bonds is 4. The Morgan fingerprint density at radius 3 is 2.66 bits per heavy atom. The Labute approximate surface area is 175 Å². The van der Waals surface area contributed by atoms with Crippen molar-refractivity contribution in [1.29, 1.82) is 0 Å². The molecule has 152 valence electrons. The quantitative estimate of drug-likeness (QED) is 0.618. The number of piperidine rings is 2. The van der Waals surface area contributed by atoms with E-state index in [1.54, 1.807) is 6.20 Å². The molecule has 1 amide bonds. The Kier molecular flexibility index (Phi) is 5.42. The Balaban J connectivity index is 1.22. The molecule has 7 heteroatoms. The van der Waals surface area contributed by atoms with Gasteiger partial charge in [0, 0.05) is 31.5 Å². The van der Waals surface area contributed by atoms with Gasteiger partial charge in [-0.15, -0.1) is 0 Å². The zero-order valence-corrected chi connectivity index (χ0v) is 17.5. The second-order valence-electron chi connectivity index (χ2n) is 8.02. The molecule has 2 aliphatic heterocycles. The van der Waals surface area contributed by atoms with Crippen molar-refractivity contribution < 1.29 is 4.79 Å². The maximum atomic E-state index is 12.8. The average molecular weight is 410 g/mol. The molecule has 29 heavy (non-hydrogen) atoms. The summed E-state index contributed by atoms with van der Waals surface area (Å²) in [7, 11) is 0. The van der Waals surface area contributed by atoms with Crippen molar-refractivity contribution in [3.63, 3.8) is 0 Å². The molecule has 0 aromatic carbocycles. The van der Waals surface area contributed by atoms with Crippen LogP contribution >= 0.6 is 11.8 Å². The average Bonchev–Trinajstić information content (AvgIpc) is 3.28. The van der Waals surface area contributed by atoms with Gasteiger partial charge in [0.25, 0.3) is 0 Å². The van der Waals surface area contributed by atoms with Crippen molar-refractivity contribution in [3.8, 4) is 0 Å². The molecule has 0 aliphatic carbocycles. The molecule has 5 heterocycles. The molecule has 2 saturated heterocycles. The third-order valence-electron chi connectivity index (χ3n) is 6.26. The van der Waals surface area contributed by atoms with Crippen LogP contribution in [0.3, 0.4) is 0 Å². The number of pyridine rings is 1. The third-order valence-corrected chi connectivity index (χ3v) is 7.22. The predicted octanol–water partition coefficient (Wildman–Crippen LogP) is 3.45. The normalized spacial score (nSPS) is 19.2. The SMILES string of the molecule is O=C(CSc1nc2ncccc2n2cccc12)N1CCC(N2CCCCC2)CC1. The van der Waals surface area contributed by atoms with Crippen molar-refractivity contribution in [2.24, 2.45) is 0 Å². The fourth-order valence-electron chi connectivity index (χ4n) is 4.67. The summed E-state index contributed by atoms with van der Waals surface area (Å²) >= 11 is 1.53. The van der Waals surface area contributed by atoms with Crippen molar-refractivity contribution in [1.82, 2.24) is 24.2 Å². The topological polar surface area (TPSA) is 53.7 Å². The third kappa shape index (κ3) is 3.85. The van der Waals surface area contributed by atoms with E-state index in [0.29, 0.717) is 17.4 Å². The molecule has 0 atom stereocenters. The van der Waals surface area contributed by atoms with Crippen LogP contribution < -0.4 is 0 Å². The van der Waals surface area contributed by atoms with Gasteiger partial charge in [-0.25, -0.2) is 9.97 Å². The Morgan fingerprint density at radius 2 is 1.83 bits per heavy atom. The molecule has 0 radical (unpaired) electrons. The monoisotopic (exact) mass is 409 g/mol. The van der Waals surface area contributed by atoms with Crippen molar-refractivity contribution in [2.75, 3.05) is 31.9 Å². The van der Waals surface area contributed by atoms with E-state index in [2.05, 4.69) is 20.4 Å². The minimum Gasteiger partial charge on any atom is -0.342 e. The summed E-state index contributed by atoms with van der Waals surface area (Å²) in [5, 5.41) is 0.873. The smallest absolute Gasteiger partial charge is 0.232 e. The number of nitrogens with zero attached hydrogens (tertiary/aromatic N) is 5. The van der Waals surface area contributed by atoms with Crippen molar-refractivity contribution >= 4 is 34.3 Å². The molecule has 0 N–H and O–H groups in total. The lowest BCUT2D eigenvalue weighted by Crippen LogP contribution is -2.48. The second kappa shape index (κ2) is 8.32. The van der Waals surface area contributed by atoms with E-state index in [1.807, 2.05) is 29.3 Å². The fraction of sp³-hybridized carbons (Fsp3) is 0.500. The molecule has 2 fully saturated rings. The first-order chi connectivity index (χ1) is 14.3. The molecule has 0 unspecified atom stereocenters. The van der Waals surface area contributed by atoms with E-state index < -0.39 is 0 Å². The van der Waals surface area contributed by atoms with Gasteiger partial charge >= 0.3 is 0 Å². The van der Waals surface area contributed by atoms with Gasteiger partial charge in [0.05, 0.1) is 16.8 Å². The Bertz CT molecular complexity index is 1000. The summed E-state index contributed by atoms with van der Waals surface area (Å²) < 4.78 is 2.10. The van der Waals surface area contributed by atoms with Gasteiger partial charge in [-0.3, -0.25) is 4.79 Å². The van der Waals surface area contributed by atoms with Crippen LogP contribution in [0.25, 0.3) is 16.7 Å².